The SMILES string of the molecule is COc1cc2c(cc1OC)C(C)N(Cc1c(OC)cccc1OCc1ccc(C(C)(C)C)cc1)CC2. The highest BCUT2D eigenvalue weighted by Crippen LogP contribution is 2.40. The highest BCUT2D eigenvalue weighted by Gasteiger charge is 2.27. The first-order valence-corrected chi connectivity index (χ1v) is 12.6. The van der Waals surface area contributed by atoms with Crippen molar-refractivity contribution in [2.24, 2.45) is 0 Å². The quantitative estimate of drug-likeness (QED) is 0.352. The molecule has 5 nitrogen and oxygen atoms in total. The summed E-state index contributed by atoms with van der Waals surface area (Å²) in [7, 11) is 5.09. The van der Waals surface area contributed by atoms with Crippen molar-refractivity contribution in [2.45, 2.75) is 58.7 Å². The van der Waals surface area contributed by atoms with E-state index < -0.39 is 0 Å². The molecule has 192 valence electrons. The van der Waals surface area contributed by atoms with Crippen LogP contribution in [0.1, 0.15) is 61.6 Å². The second-order valence-corrected chi connectivity index (χ2v) is 10.5. The van der Waals surface area contributed by atoms with Gasteiger partial charge in [-0.3, -0.25) is 4.90 Å². The minimum atomic E-state index is 0.137. The highest BCUT2D eigenvalue weighted by atomic mass is 16.5. The lowest BCUT2D eigenvalue weighted by atomic mass is 9.87. The summed E-state index contributed by atoms with van der Waals surface area (Å²) in [5.74, 6) is 3.26. The van der Waals surface area contributed by atoms with Gasteiger partial charge in [0, 0.05) is 19.1 Å². The number of methoxy groups -OCH3 is 3. The molecule has 1 unspecified atom stereocenters. The number of fused-ring (bicyclic) bond motifs is 1. The zero-order valence-electron chi connectivity index (χ0n) is 22.7. The summed E-state index contributed by atoms with van der Waals surface area (Å²) < 4.78 is 23.2. The van der Waals surface area contributed by atoms with E-state index in [1.807, 2.05) is 18.2 Å². The lowest BCUT2D eigenvalue weighted by molar-refractivity contribution is 0.182. The first-order chi connectivity index (χ1) is 17.2. The average Bonchev–Trinajstić information content (AvgIpc) is 2.88. The molecule has 1 aliphatic heterocycles. The second-order valence-electron chi connectivity index (χ2n) is 10.5. The van der Waals surface area contributed by atoms with E-state index in [-0.39, 0.29) is 11.5 Å². The number of hydrogen-bond donors (Lipinski definition) is 0. The minimum Gasteiger partial charge on any atom is -0.496 e. The third-order valence-electron chi connectivity index (χ3n) is 7.20. The van der Waals surface area contributed by atoms with Gasteiger partial charge in [0.1, 0.15) is 18.1 Å². The fraction of sp³-hybridized carbons (Fsp3) is 0.419. The number of benzene rings is 3. The van der Waals surface area contributed by atoms with Crippen molar-refractivity contribution in [1.82, 2.24) is 4.90 Å². The van der Waals surface area contributed by atoms with Crippen LogP contribution < -0.4 is 18.9 Å². The Morgan fingerprint density at radius 3 is 2.11 bits per heavy atom. The van der Waals surface area contributed by atoms with Gasteiger partial charge in [-0.15, -0.1) is 0 Å². The van der Waals surface area contributed by atoms with Crippen LogP contribution in [-0.2, 0) is 25.0 Å². The molecule has 0 radical (unpaired) electrons. The summed E-state index contributed by atoms with van der Waals surface area (Å²) in [6.07, 6.45) is 0.950. The van der Waals surface area contributed by atoms with Gasteiger partial charge in [0.05, 0.1) is 26.9 Å². The number of nitrogens with zero attached hydrogens (tertiary/aromatic N) is 1. The lowest BCUT2D eigenvalue weighted by Crippen LogP contribution is -2.33. The maximum atomic E-state index is 6.36. The summed E-state index contributed by atoms with van der Waals surface area (Å²) in [5.41, 5.74) is 6.27. The maximum absolute atomic E-state index is 6.36. The van der Waals surface area contributed by atoms with E-state index in [4.69, 9.17) is 18.9 Å². The molecular formula is C31H39NO4. The largest absolute Gasteiger partial charge is 0.496 e. The summed E-state index contributed by atoms with van der Waals surface area (Å²) in [6.45, 7) is 11.1. The molecule has 0 saturated carbocycles. The fourth-order valence-electron chi connectivity index (χ4n) is 4.91. The van der Waals surface area contributed by atoms with Gasteiger partial charge in [-0.25, -0.2) is 0 Å². The van der Waals surface area contributed by atoms with Gasteiger partial charge in [0.2, 0.25) is 0 Å². The van der Waals surface area contributed by atoms with Crippen LogP contribution in [0.3, 0.4) is 0 Å². The van der Waals surface area contributed by atoms with Crippen LogP contribution >= 0.6 is 0 Å². The molecule has 0 N–H and O–H groups in total. The van der Waals surface area contributed by atoms with Crippen molar-refractivity contribution in [3.05, 3.63) is 82.4 Å². The van der Waals surface area contributed by atoms with Crippen LogP contribution in [0.15, 0.2) is 54.6 Å². The molecule has 0 fully saturated rings. The normalized spacial score (nSPS) is 15.8. The highest BCUT2D eigenvalue weighted by molar-refractivity contribution is 5.50. The molecular weight excluding hydrogens is 450 g/mol. The zero-order chi connectivity index (χ0) is 25.9. The number of hydrogen-bond acceptors (Lipinski definition) is 5. The third-order valence-corrected chi connectivity index (χ3v) is 7.20. The van der Waals surface area contributed by atoms with Gasteiger partial charge in [-0.05, 0) is 65.3 Å². The Morgan fingerprint density at radius 1 is 0.833 bits per heavy atom. The van der Waals surface area contributed by atoms with E-state index in [0.717, 1.165) is 53.6 Å². The molecule has 0 aliphatic carbocycles. The topological polar surface area (TPSA) is 40.2 Å². The molecule has 0 bridgehead atoms. The van der Waals surface area contributed by atoms with Crippen molar-refractivity contribution in [3.63, 3.8) is 0 Å². The molecule has 4 rings (SSSR count). The smallest absolute Gasteiger partial charge is 0.161 e. The minimum absolute atomic E-state index is 0.137. The third kappa shape index (κ3) is 5.46. The predicted molar refractivity (Wildman–Crippen MR) is 145 cm³/mol. The molecule has 36 heavy (non-hydrogen) atoms. The molecule has 5 heteroatoms. The zero-order valence-corrected chi connectivity index (χ0v) is 22.7. The van der Waals surface area contributed by atoms with E-state index in [2.05, 4.69) is 69.0 Å². The standard InChI is InChI=1S/C31H39NO4/c1-21-25-18-30(35-7)29(34-6)17-23(25)15-16-32(21)19-26-27(33-5)9-8-10-28(26)36-20-22-11-13-24(14-12-22)31(2,3)4/h8-14,17-18,21H,15-16,19-20H2,1-7H3. The molecule has 0 saturated heterocycles. The van der Waals surface area contributed by atoms with E-state index in [0.29, 0.717) is 6.61 Å². The van der Waals surface area contributed by atoms with Gasteiger partial charge < -0.3 is 18.9 Å². The molecule has 0 amide bonds. The van der Waals surface area contributed by atoms with E-state index in [1.165, 1.54) is 16.7 Å². The van der Waals surface area contributed by atoms with Gasteiger partial charge in [-0.2, -0.15) is 0 Å². The van der Waals surface area contributed by atoms with E-state index in [9.17, 15) is 0 Å². The number of rotatable bonds is 8. The molecule has 3 aromatic carbocycles. The van der Waals surface area contributed by atoms with Crippen molar-refractivity contribution < 1.29 is 18.9 Å². The molecule has 1 heterocycles. The van der Waals surface area contributed by atoms with Crippen LogP contribution in [0.2, 0.25) is 0 Å². The van der Waals surface area contributed by atoms with Crippen LogP contribution in [0.5, 0.6) is 23.0 Å². The van der Waals surface area contributed by atoms with Crippen molar-refractivity contribution >= 4 is 0 Å². The monoisotopic (exact) mass is 489 g/mol. The molecule has 1 atom stereocenters. The molecule has 0 aromatic heterocycles. The first kappa shape index (κ1) is 25.9. The summed E-state index contributed by atoms with van der Waals surface area (Å²) in [6, 6.07) is 19.2. The van der Waals surface area contributed by atoms with Gasteiger partial charge >= 0.3 is 0 Å². The number of ether oxygens (including phenoxy) is 4. The lowest BCUT2D eigenvalue weighted by Gasteiger charge is -2.36. The Hall–Kier alpha value is -3.18. The van der Waals surface area contributed by atoms with Crippen LogP contribution in [-0.4, -0.2) is 32.8 Å². The van der Waals surface area contributed by atoms with Gasteiger partial charge in [0.15, 0.2) is 11.5 Å². The van der Waals surface area contributed by atoms with Crippen molar-refractivity contribution in [1.29, 1.82) is 0 Å². The van der Waals surface area contributed by atoms with Crippen molar-refractivity contribution in [2.75, 3.05) is 27.9 Å². The van der Waals surface area contributed by atoms with Crippen LogP contribution in [0, 0.1) is 0 Å². The Kier molecular flexibility index (Phi) is 7.79. The van der Waals surface area contributed by atoms with Gasteiger partial charge in [0.25, 0.3) is 0 Å². The molecule has 1 aliphatic rings. The second kappa shape index (κ2) is 10.8. The maximum Gasteiger partial charge on any atom is 0.161 e. The van der Waals surface area contributed by atoms with E-state index >= 15 is 0 Å². The Bertz CT molecular complexity index is 1180. The Balaban J connectivity index is 1.54. The molecule has 3 aromatic rings. The van der Waals surface area contributed by atoms with Crippen LogP contribution in [0.25, 0.3) is 0 Å². The van der Waals surface area contributed by atoms with E-state index in [1.54, 1.807) is 21.3 Å². The molecule has 0 spiro atoms. The van der Waals surface area contributed by atoms with Crippen LogP contribution in [0.4, 0.5) is 0 Å². The van der Waals surface area contributed by atoms with Crippen molar-refractivity contribution in [3.8, 4) is 23.0 Å². The Morgan fingerprint density at radius 2 is 1.47 bits per heavy atom. The first-order valence-electron chi connectivity index (χ1n) is 12.6. The predicted octanol–water partition coefficient (Wildman–Crippen LogP) is 6.71. The van der Waals surface area contributed by atoms with Gasteiger partial charge in [-0.1, -0.05) is 51.1 Å². The summed E-state index contributed by atoms with van der Waals surface area (Å²) in [5, 5.41) is 0. The summed E-state index contributed by atoms with van der Waals surface area (Å²) in [4.78, 5) is 2.47. The summed E-state index contributed by atoms with van der Waals surface area (Å²) >= 11 is 0. The fourth-order valence-corrected chi connectivity index (χ4v) is 4.91. The Labute approximate surface area is 215 Å². The average molecular weight is 490 g/mol.